The van der Waals surface area contributed by atoms with Crippen LogP contribution in [0.1, 0.15) is 33.5 Å². The number of rotatable bonds is 8. The summed E-state index contributed by atoms with van der Waals surface area (Å²) >= 11 is 3.44. The summed E-state index contributed by atoms with van der Waals surface area (Å²) in [6.45, 7) is 3.01. The topological polar surface area (TPSA) is 51.0 Å². The van der Waals surface area contributed by atoms with Crippen molar-refractivity contribution in [1.29, 1.82) is 0 Å². The van der Waals surface area contributed by atoms with Gasteiger partial charge < -0.3 is 4.57 Å². The van der Waals surface area contributed by atoms with Gasteiger partial charge in [0.05, 0.1) is 0 Å². The highest BCUT2D eigenvalue weighted by Crippen LogP contribution is 2.26. The normalized spacial score (nSPS) is 13.7. The molecule has 2 aromatic heterocycles. The van der Waals surface area contributed by atoms with Crippen LogP contribution in [0.4, 0.5) is 0 Å². The lowest BCUT2D eigenvalue weighted by Gasteiger charge is -2.29. The summed E-state index contributed by atoms with van der Waals surface area (Å²) in [6, 6.07) is 17.8. The van der Waals surface area contributed by atoms with Crippen LogP contribution in [0.15, 0.2) is 70.5 Å². The summed E-state index contributed by atoms with van der Waals surface area (Å²) in [4.78, 5) is 15.3. The van der Waals surface area contributed by atoms with Gasteiger partial charge in [0.1, 0.15) is 0 Å². The molecule has 0 aliphatic carbocycles. The van der Waals surface area contributed by atoms with E-state index in [4.69, 9.17) is 0 Å². The van der Waals surface area contributed by atoms with Crippen LogP contribution in [0.2, 0.25) is 0 Å². The molecule has 5 nitrogen and oxygen atoms in total. The Kier molecular flexibility index (Phi) is 6.71. The third-order valence-electron chi connectivity index (χ3n) is 6.06. The number of aromatic nitrogens is 3. The highest BCUT2D eigenvalue weighted by molar-refractivity contribution is 7.99. The highest BCUT2D eigenvalue weighted by atomic mass is 32.2. The lowest BCUT2D eigenvalue weighted by atomic mass is 9.94. The molecule has 5 rings (SSSR count). The molecule has 0 saturated heterocycles. The molecule has 0 saturated carbocycles. The van der Waals surface area contributed by atoms with Gasteiger partial charge in [-0.3, -0.25) is 9.69 Å². The summed E-state index contributed by atoms with van der Waals surface area (Å²) < 4.78 is 2.08. The molecular formula is C26H26N4OS2. The zero-order valence-corrected chi connectivity index (χ0v) is 20.2. The first-order chi connectivity index (χ1) is 16.2. The van der Waals surface area contributed by atoms with E-state index in [0.29, 0.717) is 0 Å². The van der Waals surface area contributed by atoms with Crippen LogP contribution in [0.3, 0.4) is 0 Å². The molecule has 3 heterocycles. The molecule has 0 amide bonds. The number of carbonyl (C=O) groups excluding carboxylic acids is 1. The van der Waals surface area contributed by atoms with Crippen LogP contribution in [0.5, 0.6) is 0 Å². The van der Waals surface area contributed by atoms with Crippen molar-refractivity contribution in [3.05, 3.63) is 87.6 Å². The Balaban J connectivity index is 1.15. The number of thioether (sulfide) groups is 1. The van der Waals surface area contributed by atoms with Crippen molar-refractivity contribution in [3.8, 4) is 11.4 Å². The average molecular weight is 475 g/mol. The summed E-state index contributed by atoms with van der Waals surface area (Å²) in [5.74, 6) is 2.02. The molecule has 0 fully saturated rings. The van der Waals surface area contributed by atoms with Gasteiger partial charge in [-0.2, -0.15) is 11.3 Å². The Morgan fingerprint density at radius 1 is 1.06 bits per heavy atom. The largest absolute Gasteiger partial charge is 0.305 e. The number of benzene rings is 2. The second-order valence-corrected chi connectivity index (χ2v) is 10.1. The van der Waals surface area contributed by atoms with Gasteiger partial charge in [0.25, 0.3) is 0 Å². The maximum Gasteiger partial charge on any atom is 0.193 e. The third kappa shape index (κ3) is 4.95. The molecule has 0 radical (unpaired) electrons. The minimum Gasteiger partial charge on any atom is -0.305 e. The molecule has 0 atom stereocenters. The Morgan fingerprint density at radius 3 is 2.76 bits per heavy atom. The van der Waals surface area contributed by atoms with E-state index in [2.05, 4.69) is 48.6 Å². The zero-order chi connectivity index (χ0) is 22.6. The lowest BCUT2D eigenvalue weighted by Crippen LogP contribution is -2.31. The third-order valence-corrected chi connectivity index (χ3v) is 7.85. The van der Waals surface area contributed by atoms with Crippen molar-refractivity contribution >= 4 is 28.9 Å². The van der Waals surface area contributed by atoms with Crippen molar-refractivity contribution in [3.63, 3.8) is 0 Å². The van der Waals surface area contributed by atoms with Gasteiger partial charge in [-0.15, -0.1) is 10.2 Å². The number of ketones is 1. The second-order valence-electron chi connectivity index (χ2n) is 8.28. The number of hydrogen-bond acceptors (Lipinski definition) is 6. The van der Waals surface area contributed by atoms with Crippen LogP contribution in [0, 0.1) is 0 Å². The predicted octanol–water partition coefficient (Wildman–Crippen LogP) is 5.32. The first-order valence-electron chi connectivity index (χ1n) is 11.2. The molecule has 1 aliphatic heterocycles. The fraction of sp³-hybridized carbons (Fsp3) is 0.269. The maximum atomic E-state index is 12.8. The van der Waals surface area contributed by atoms with Gasteiger partial charge >= 0.3 is 0 Å². The molecule has 168 valence electrons. The molecule has 2 aromatic carbocycles. The van der Waals surface area contributed by atoms with E-state index in [1.807, 2.05) is 43.4 Å². The predicted molar refractivity (Wildman–Crippen MR) is 135 cm³/mol. The van der Waals surface area contributed by atoms with Gasteiger partial charge in [0, 0.05) is 48.0 Å². The molecule has 33 heavy (non-hydrogen) atoms. The highest BCUT2D eigenvalue weighted by Gasteiger charge is 2.19. The molecule has 4 aromatic rings. The maximum absolute atomic E-state index is 12.8. The zero-order valence-electron chi connectivity index (χ0n) is 18.6. The van der Waals surface area contributed by atoms with E-state index in [1.165, 1.54) is 11.1 Å². The van der Waals surface area contributed by atoms with Gasteiger partial charge in [-0.05, 0) is 48.0 Å². The summed E-state index contributed by atoms with van der Waals surface area (Å²) in [5, 5.41) is 13.9. The SMILES string of the molecule is Cn1c(SCCCN2CCc3ccc(C(=O)c4ccccc4)cc3C2)nnc1-c1ccsc1. The Hall–Kier alpha value is -2.74. The average Bonchev–Trinajstić information content (AvgIpc) is 3.51. The fourth-order valence-electron chi connectivity index (χ4n) is 4.24. The van der Waals surface area contributed by atoms with Crippen molar-refractivity contribution in [2.45, 2.75) is 24.5 Å². The van der Waals surface area contributed by atoms with Gasteiger partial charge in [0.15, 0.2) is 16.8 Å². The van der Waals surface area contributed by atoms with Gasteiger partial charge in [-0.25, -0.2) is 0 Å². The van der Waals surface area contributed by atoms with Crippen molar-refractivity contribution in [2.75, 3.05) is 18.8 Å². The quantitative estimate of drug-likeness (QED) is 0.197. The van der Waals surface area contributed by atoms with E-state index in [9.17, 15) is 4.79 Å². The second kappa shape index (κ2) is 10.0. The number of nitrogens with zero attached hydrogens (tertiary/aromatic N) is 4. The Bertz CT molecular complexity index is 1230. The Morgan fingerprint density at radius 2 is 1.94 bits per heavy atom. The molecule has 0 bridgehead atoms. The standard InChI is InChI=1S/C26H26N4OS2/c1-29-25(22-11-15-32-18-22)27-28-26(29)33-14-5-12-30-13-10-19-8-9-21(16-23(19)17-30)24(31)20-6-3-2-4-7-20/h2-4,6-9,11,15-16,18H,5,10,12-14,17H2,1H3. The molecule has 7 heteroatoms. The number of fused-ring (bicyclic) bond motifs is 1. The molecular weight excluding hydrogens is 448 g/mol. The van der Waals surface area contributed by atoms with Crippen LogP contribution < -0.4 is 0 Å². The number of hydrogen-bond donors (Lipinski definition) is 0. The lowest BCUT2D eigenvalue weighted by molar-refractivity contribution is 0.103. The van der Waals surface area contributed by atoms with Gasteiger partial charge in [0.2, 0.25) is 0 Å². The van der Waals surface area contributed by atoms with E-state index < -0.39 is 0 Å². The smallest absolute Gasteiger partial charge is 0.193 e. The molecule has 0 unspecified atom stereocenters. The van der Waals surface area contributed by atoms with E-state index in [1.54, 1.807) is 23.1 Å². The molecule has 0 N–H and O–H groups in total. The number of carbonyl (C=O) groups is 1. The van der Waals surface area contributed by atoms with E-state index in [0.717, 1.165) is 65.9 Å². The molecule has 0 spiro atoms. The number of thiophene rings is 1. The van der Waals surface area contributed by atoms with Gasteiger partial charge in [-0.1, -0.05) is 54.2 Å². The van der Waals surface area contributed by atoms with Crippen LogP contribution in [-0.2, 0) is 20.0 Å². The summed E-state index contributed by atoms with van der Waals surface area (Å²) in [7, 11) is 2.03. The first-order valence-corrected chi connectivity index (χ1v) is 13.1. The summed E-state index contributed by atoms with van der Waals surface area (Å²) in [5.41, 5.74) is 5.29. The summed E-state index contributed by atoms with van der Waals surface area (Å²) in [6.07, 6.45) is 2.12. The first kappa shape index (κ1) is 22.1. The van der Waals surface area contributed by atoms with Crippen LogP contribution in [-0.4, -0.2) is 44.3 Å². The van der Waals surface area contributed by atoms with E-state index >= 15 is 0 Å². The Labute approximate surface area is 202 Å². The molecule has 1 aliphatic rings. The van der Waals surface area contributed by atoms with Crippen LogP contribution >= 0.6 is 23.1 Å². The van der Waals surface area contributed by atoms with E-state index in [-0.39, 0.29) is 5.78 Å². The van der Waals surface area contributed by atoms with Crippen molar-refractivity contribution < 1.29 is 4.79 Å². The van der Waals surface area contributed by atoms with Crippen molar-refractivity contribution in [1.82, 2.24) is 19.7 Å². The van der Waals surface area contributed by atoms with Crippen LogP contribution in [0.25, 0.3) is 11.4 Å². The minimum atomic E-state index is 0.0948. The monoisotopic (exact) mass is 474 g/mol. The minimum absolute atomic E-state index is 0.0948. The van der Waals surface area contributed by atoms with Crippen molar-refractivity contribution in [2.24, 2.45) is 7.05 Å². The fourth-order valence-corrected chi connectivity index (χ4v) is 5.71.